The van der Waals surface area contributed by atoms with Crippen LogP contribution in [0.15, 0.2) is 48.8 Å². The molecule has 0 aliphatic carbocycles. The highest BCUT2D eigenvalue weighted by atomic mass is 16.1. The third-order valence-corrected chi connectivity index (χ3v) is 3.09. The van der Waals surface area contributed by atoms with Crippen LogP contribution in [0.3, 0.4) is 0 Å². The Morgan fingerprint density at radius 1 is 1.20 bits per heavy atom. The lowest BCUT2D eigenvalue weighted by Crippen LogP contribution is -2.11. The number of rotatable bonds is 2. The molecule has 0 atom stereocenters. The molecule has 0 bridgehead atoms. The monoisotopic (exact) mass is 262 g/mol. The number of benzene rings is 1. The number of aromatic nitrogens is 2. The molecule has 0 saturated heterocycles. The van der Waals surface area contributed by atoms with Gasteiger partial charge in [0.1, 0.15) is 0 Å². The SMILES string of the molecule is N#Cc1ccc(-c2cc3cc(C(N)=O)cnn3c2)cc1. The zero-order chi connectivity index (χ0) is 14.1. The molecule has 20 heavy (non-hydrogen) atoms. The van der Waals surface area contributed by atoms with Crippen LogP contribution in [0, 0.1) is 11.3 Å². The van der Waals surface area contributed by atoms with Crippen LogP contribution in [0.2, 0.25) is 0 Å². The Morgan fingerprint density at radius 3 is 2.60 bits per heavy atom. The first-order valence-corrected chi connectivity index (χ1v) is 5.96. The predicted octanol–water partition coefficient (Wildman–Crippen LogP) is 1.97. The molecule has 5 nitrogen and oxygen atoms in total. The maximum Gasteiger partial charge on any atom is 0.250 e. The Bertz CT molecular complexity index is 840. The molecule has 0 spiro atoms. The standard InChI is InChI=1S/C15H10N4O/c16-7-10-1-3-11(4-2-10)13-6-14-5-12(15(17)20)8-18-19(14)9-13/h1-6,8-9H,(H2,17,20). The fourth-order valence-corrected chi connectivity index (χ4v) is 2.03. The summed E-state index contributed by atoms with van der Waals surface area (Å²) in [4.78, 5) is 11.1. The Balaban J connectivity index is 2.08. The van der Waals surface area contributed by atoms with Crippen LogP contribution in [0.25, 0.3) is 16.6 Å². The first-order chi connectivity index (χ1) is 9.67. The van der Waals surface area contributed by atoms with Crippen molar-refractivity contribution in [3.8, 4) is 17.2 Å². The van der Waals surface area contributed by atoms with Crippen molar-refractivity contribution in [3.05, 3.63) is 59.9 Å². The average Bonchev–Trinajstić information content (AvgIpc) is 2.90. The minimum atomic E-state index is -0.499. The maximum absolute atomic E-state index is 11.1. The summed E-state index contributed by atoms with van der Waals surface area (Å²) in [6, 6.07) is 13.0. The quantitative estimate of drug-likeness (QED) is 0.766. The number of nitrogens with two attached hydrogens (primary N) is 1. The van der Waals surface area contributed by atoms with Crippen molar-refractivity contribution >= 4 is 11.4 Å². The second-order valence-corrected chi connectivity index (χ2v) is 4.40. The van der Waals surface area contributed by atoms with Gasteiger partial charge in [-0.2, -0.15) is 10.4 Å². The molecule has 96 valence electrons. The second-order valence-electron chi connectivity index (χ2n) is 4.40. The highest BCUT2D eigenvalue weighted by Gasteiger charge is 2.06. The summed E-state index contributed by atoms with van der Waals surface area (Å²) in [7, 11) is 0. The number of nitrogens with zero attached hydrogens (tertiary/aromatic N) is 3. The molecule has 2 N–H and O–H groups in total. The van der Waals surface area contributed by atoms with E-state index in [9.17, 15) is 4.79 Å². The van der Waals surface area contributed by atoms with E-state index < -0.39 is 5.91 Å². The molecule has 0 saturated carbocycles. The molecule has 1 aromatic carbocycles. The zero-order valence-corrected chi connectivity index (χ0v) is 10.4. The molecular formula is C15H10N4O. The Labute approximate surface area is 114 Å². The lowest BCUT2D eigenvalue weighted by molar-refractivity contribution is 0.1000. The van der Waals surface area contributed by atoms with Gasteiger partial charge in [0.15, 0.2) is 0 Å². The molecule has 5 heteroatoms. The number of carbonyl (C=O) groups excluding carboxylic acids is 1. The van der Waals surface area contributed by atoms with E-state index in [0.717, 1.165) is 16.6 Å². The van der Waals surface area contributed by atoms with Gasteiger partial charge in [0.2, 0.25) is 5.91 Å². The third kappa shape index (κ3) is 1.99. The molecule has 0 radical (unpaired) electrons. The fraction of sp³-hybridized carbons (Fsp3) is 0. The fourth-order valence-electron chi connectivity index (χ4n) is 2.03. The van der Waals surface area contributed by atoms with Crippen LogP contribution >= 0.6 is 0 Å². The summed E-state index contributed by atoms with van der Waals surface area (Å²) in [5.41, 5.74) is 8.97. The van der Waals surface area contributed by atoms with Gasteiger partial charge in [-0.15, -0.1) is 0 Å². The predicted molar refractivity (Wildman–Crippen MR) is 73.9 cm³/mol. The molecular weight excluding hydrogens is 252 g/mol. The van der Waals surface area contributed by atoms with Gasteiger partial charge in [-0.25, -0.2) is 4.52 Å². The summed E-state index contributed by atoms with van der Waals surface area (Å²) in [5.74, 6) is -0.499. The Morgan fingerprint density at radius 2 is 1.95 bits per heavy atom. The molecule has 1 amide bonds. The molecule has 3 aromatic rings. The molecule has 0 fully saturated rings. The van der Waals surface area contributed by atoms with Crippen molar-refractivity contribution in [1.29, 1.82) is 5.26 Å². The zero-order valence-electron chi connectivity index (χ0n) is 10.4. The molecule has 0 unspecified atom stereocenters. The smallest absolute Gasteiger partial charge is 0.250 e. The van der Waals surface area contributed by atoms with Crippen molar-refractivity contribution in [2.24, 2.45) is 5.73 Å². The second kappa shape index (κ2) is 4.52. The summed E-state index contributed by atoms with van der Waals surface area (Å²) in [5, 5.41) is 12.9. The largest absolute Gasteiger partial charge is 0.366 e. The first kappa shape index (κ1) is 11.9. The van der Waals surface area contributed by atoms with Gasteiger partial charge in [0.25, 0.3) is 0 Å². The van der Waals surface area contributed by atoms with E-state index in [-0.39, 0.29) is 0 Å². The van der Waals surface area contributed by atoms with Crippen LogP contribution in [-0.4, -0.2) is 15.5 Å². The van der Waals surface area contributed by atoms with E-state index >= 15 is 0 Å². The van der Waals surface area contributed by atoms with E-state index in [1.807, 2.05) is 24.4 Å². The van der Waals surface area contributed by atoms with Crippen LogP contribution in [0.1, 0.15) is 15.9 Å². The van der Waals surface area contributed by atoms with Crippen molar-refractivity contribution in [1.82, 2.24) is 9.61 Å². The van der Waals surface area contributed by atoms with Crippen LogP contribution in [0.4, 0.5) is 0 Å². The summed E-state index contributed by atoms with van der Waals surface area (Å²) in [6.45, 7) is 0. The molecule has 3 rings (SSSR count). The van der Waals surface area contributed by atoms with Crippen LogP contribution < -0.4 is 5.73 Å². The van der Waals surface area contributed by atoms with E-state index in [2.05, 4.69) is 11.2 Å². The number of nitriles is 1. The van der Waals surface area contributed by atoms with Gasteiger partial charge < -0.3 is 5.73 Å². The topological polar surface area (TPSA) is 84.2 Å². The maximum atomic E-state index is 11.1. The number of fused-ring (bicyclic) bond motifs is 1. The molecule has 2 heterocycles. The Kier molecular flexibility index (Phi) is 2.70. The van der Waals surface area contributed by atoms with Crippen molar-refractivity contribution in [3.63, 3.8) is 0 Å². The number of carbonyl (C=O) groups is 1. The van der Waals surface area contributed by atoms with E-state index in [1.165, 1.54) is 6.20 Å². The molecule has 0 aliphatic heterocycles. The molecule has 2 aromatic heterocycles. The van der Waals surface area contributed by atoms with Gasteiger partial charge in [-0.1, -0.05) is 12.1 Å². The summed E-state index contributed by atoms with van der Waals surface area (Å²) >= 11 is 0. The summed E-state index contributed by atoms with van der Waals surface area (Å²) in [6.07, 6.45) is 3.30. The van der Waals surface area contributed by atoms with Crippen molar-refractivity contribution in [2.75, 3.05) is 0 Å². The molecule has 0 aliphatic rings. The van der Waals surface area contributed by atoms with E-state index in [0.29, 0.717) is 11.1 Å². The van der Waals surface area contributed by atoms with Crippen LogP contribution in [-0.2, 0) is 0 Å². The van der Waals surface area contributed by atoms with Gasteiger partial charge in [-0.05, 0) is 29.8 Å². The van der Waals surface area contributed by atoms with Crippen molar-refractivity contribution in [2.45, 2.75) is 0 Å². The Hall–Kier alpha value is -3.13. The number of primary amides is 1. The first-order valence-electron chi connectivity index (χ1n) is 5.96. The van der Waals surface area contributed by atoms with Gasteiger partial charge in [0, 0.05) is 11.8 Å². The van der Waals surface area contributed by atoms with Gasteiger partial charge in [0.05, 0.1) is 28.9 Å². The van der Waals surface area contributed by atoms with E-state index in [4.69, 9.17) is 11.0 Å². The highest BCUT2D eigenvalue weighted by Crippen LogP contribution is 2.22. The van der Waals surface area contributed by atoms with E-state index in [1.54, 1.807) is 22.7 Å². The van der Waals surface area contributed by atoms with Crippen LogP contribution in [0.5, 0.6) is 0 Å². The third-order valence-electron chi connectivity index (χ3n) is 3.09. The van der Waals surface area contributed by atoms with Gasteiger partial charge in [-0.3, -0.25) is 4.79 Å². The van der Waals surface area contributed by atoms with Crippen molar-refractivity contribution < 1.29 is 4.79 Å². The lowest BCUT2D eigenvalue weighted by Gasteiger charge is -1.96. The lowest BCUT2D eigenvalue weighted by atomic mass is 10.1. The van der Waals surface area contributed by atoms with Gasteiger partial charge >= 0.3 is 0 Å². The number of hydrogen-bond acceptors (Lipinski definition) is 3. The normalized spacial score (nSPS) is 10.3. The highest BCUT2D eigenvalue weighted by molar-refractivity contribution is 5.93. The average molecular weight is 262 g/mol. The summed E-state index contributed by atoms with van der Waals surface area (Å²) < 4.78 is 1.68. The minimum Gasteiger partial charge on any atom is -0.366 e. The number of hydrogen-bond donors (Lipinski definition) is 1. The number of amides is 1. The minimum absolute atomic E-state index is 0.377.